The molecule has 0 heterocycles. The summed E-state index contributed by atoms with van der Waals surface area (Å²) in [6, 6.07) is 10.5. The summed E-state index contributed by atoms with van der Waals surface area (Å²) >= 11 is 0. The zero-order valence-corrected chi connectivity index (χ0v) is 8.75. The minimum Gasteiger partial charge on any atom is -0.325 e. The van der Waals surface area contributed by atoms with Crippen LogP contribution in [0.2, 0.25) is 0 Å². The zero-order chi connectivity index (χ0) is 9.90. The first-order valence-electron chi connectivity index (χ1n) is 4.83. The summed E-state index contributed by atoms with van der Waals surface area (Å²) in [7, 11) is 0. The second-order valence-corrected chi connectivity index (χ2v) is 4.41. The van der Waals surface area contributed by atoms with Gasteiger partial charge in [-0.2, -0.15) is 0 Å². The maximum atomic E-state index is 6.03. The largest absolute Gasteiger partial charge is 0.325 e. The van der Waals surface area contributed by atoms with Gasteiger partial charge >= 0.3 is 0 Å². The lowest BCUT2D eigenvalue weighted by Crippen LogP contribution is -2.40. The van der Waals surface area contributed by atoms with Crippen LogP contribution in [0.15, 0.2) is 30.3 Å². The normalized spacial score (nSPS) is 14.2. The average Bonchev–Trinajstić information content (AvgIpc) is 2.04. The summed E-state index contributed by atoms with van der Waals surface area (Å²) in [4.78, 5) is 0. The van der Waals surface area contributed by atoms with Gasteiger partial charge in [-0.15, -0.1) is 0 Å². The first kappa shape index (κ1) is 10.3. The van der Waals surface area contributed by atoms with Gasteiger partial charge in [-0.05, 0) is 31.7 Å². The highest BCUT2D eigenvalue weighted by atomic mass is 14.7. The third-order valence-corrected chi connectivity index (χ3v) is 2.65. The second kappa shape index (κ2) is 3.93. The molecule has 72 valence electrons. The average molecular weight is 177 g/mol. The van der Waals surface area contributed by atoms with Crippen molar-refractivity contribution in [2.75, 3.05) is 0 Å². The van der Waals surface area contributed by atoms with Crippen LogP contribution >= 0.6 is 0 Å². The molecule has 0 bridgehead atoms. The highest BCUT2D eigenvalue weighted by Gasteiger charge is 2.20. The lowest BCUT2D eigenvalue weighted by Gasteiger charge is -2.27. The molecular weight excluding hydrogens is 158 g/mol. The lowest BCUT2D eigenvalue weighted by atomic mass is 9.85. The quantitative estimate of drug-likeness (QED) is 0.754. The van der Waals surface area contributed by atoms with Crippen LogP contribution < -0.4 is 5.73 Å². The van der Waals surface area contributed by atoms with E-state index in [2.05, 4.69) is 45.0 Å². The predicted molar refractivity (Wildman–Crippen MR) is 57.6 cm³/mol. The Labute approximate surface area is 81.0 Å². The predicted octanol–water partition coefficient (Wildman–Crippen LogP) is 2.60. The van der Waals surface area contributed by atoms with Gasteiger partial charge in [-0.3, -0.25) is 0 Å². The summed E-state index contributed by atoms with van der Waals surface area (Å²) in [5.74, 6) is 0.509. The van der Waals surface area contributed by atoms with E-state index >= 15 is 0 Å². The zero-order valence-electron chi connectivity index (χ0n) is 8.75. The summed E-state index contributed by atoms with van der Waals surface area (Å²) in [6.07, 6.45) is 1.06. The van der Waals surface area contributed by atoms with Crippen molar-refractivity contribution < 1.29 is 0 Å². The third-order valence-electron chi connectivity index (χ3n) is 2.65. The number of hydrogen-bond acceptors (Lipinski definition) is 1. The monoisotopic (exact) mass is 177 g/mol. The molecule has 0 aromatic heterocycles. The van der Waals surface area contributed by atoms with Crippen molar-refractivity contribution in [1.29, 1.82) is 0 Å². The summed E-state index contributed by atoms with van der Waals surface area (Å²) in [6.45, 7) is 6.37. The number of benzene rings is 1. The Hall–Kier alpha value is -0.820. The highest BCUT2D eigenvalue weighted by molar-refractivity contribution is 5.15. The first-order valence-corrected chi connectivity index (χ1v) is 4.83. The molecule has 13 heavy (non-hydrogen) atoms. The summed E-state index contributed by atoms with van der Waals surface area (Å²) in [5.41, 5.74) is 7.31. The van der Waals surface area contributed by atoms with E-state index in [4.69, 9.17) is 5.73 Å². The molecule has 0 amide bonds. The van der Waals surface area contributed by atoms with Gasteiger partial charge < -0.3 is 5.73 Å². The van der Waals surface area contributed by atoms with E-state index in [0.717, 1.165) is 6.42 Å². The first-order chi connectivity index (χ1) is 6.00. The molecule has 0 aliphatic heterocycles. The van der Waals surface area contributed by atoms with Crippen molar-refractivity contribution in [2.24, 2.45) is 11.7 Å². The van der Waals surface area contributed by atoms with E-state index in [1.54, 1.807) is 0 Å². The van der Waals surface area contributed by atoms with Crippen LogP contribution in [-0.4, -0.2) is 5.54 Å². The van der Waals surface area contributed by atoms with E-state index in [1.807, 2.05) is 6.07 Å². The Kier molecular flexibility index (Phi) is 3.10. The maximum absolute atomic E-state index is 6.03. The molecule has 0 fully saturated rings. The second-order valence-electron chi connectivity index (χ2n) is 4.41. The SMILES string of the molecule is CC(Cc1ccccc1)C(C)(C)N. The van der Waals surface area contributed by atoms with E-state index in [9.17, 15) is 0 Å². The van der Waals surface area contributed by atoms with Gasteiger partial charge in [0.1, 0.15) is 0 Å². The molecule has 0 radical (unpaired) electrons. The molecule has 0 aliphatic carbocycles. The number of nitrogens with two attached hydrogens (primary N) is 1. The van der Waals surface area contributed by atoms with Crippen LogP contribution in [0.4, 0.5) is 0 Å². The molecule has 0 aliphatic rings. The van der Waals surface area contributed by atoms with Crippen molar-refractivity contribution in [3.8, 4) is 0 Å². The molecule has 0 spiro atoms. The standard InChI is InChI=1S/C12H19N/c1-10(12(2,3)13)9-11-7-5-4-6-8-11/h4-8,10H,9,13H2,1-3H3. The molecule has 1 rings (SSSR count). The molecule has 1 aromatic rings. The molecule has 2 N–H and O–H groups in total. The minimum absolute atomic E-state index is 0.0875. The fourth-order valence-electron chi connectivity index (χ4n) is 1.23. The van der Waals surface area contributed by atoms with Crippen molar-refractivity contribution in [2.45, 2.75) is 32.7 Å². The molecular formula is C12H19N. The Morgan fingerprint density at radius 2 is 1.77 bits per heavy atom. The van der Waals surface area contributed by atoms with Crippen LogP contribution in [-0.2, 0) is 6.42 Å². The van der Waals surface area contributed by atoms with Crippen LogP contribution in [0, 0.1) is 5.92 Å². The van der Waals surface area contributed by atoms with E-state index in [1.165, 1.54) is 5.56 Å². The third kappa shape index (κ3) is 3.19. The van der Waals surface area contributed by atoms with Crippen LogP contribution in [0.5, 0.6) is 0 Å². The van der Waals surface area contributed by atoms with Crippen LogP contribution in [0.3, 0.4) is 0 Å². The fraction of sp³-hybridized carbons (Fsp3) is 0.500. The van der Waals surface area contributed by atoms with Crippen molar-refractivity contribution in [3.63, 3.8) is 0 Å². The smallest absolute Gasteiger partial charge is 0.0126 e. The van der Waals surface area contributed by atoms with Crippen molar-refractivity contribution in [1.82, 2.24) is 0 Å². The van der Waals surface area contributed by atoms with Gasteiger partial charge in [0.15, 0.2) is 0 Å². The van der Waals surface area contributed by atoms with E-state index in [-0.39, 0.29) is 5.54 Å². The van der Waals surface area contributed by atoms with E-state index < -0.39 is 0 Å². The Morgan fingerprint density at radius 1 is 1.23 bits per heavy atom. The molecule has 1 aromatic carbocycles. The van der Waals surface area contributed by atoms with Gasteiger partial charge in [0.2, 0.25) is 0 Å². The maximum Gasteiger partial charge on any atom is 0.0126 e. The van der Waals surface area contributed by atoms with Crippen molar-refractivity contribution in [3.05, 3.63) is 35.9 Å². The topological polar surface area (TPSA) is 26.0 Å². The van der Waals surface area contributed by atoms with Gasteiger partial charge in [-0.1, -0.05) is 37.3 Å². The fourth-order valence-corrected chi connectivity index (χ4v) is 1.23. The molecule has 0 saturated carbocycles. The Morgan fingerprint density at radius 3 is 2.23 bits per heavy atom. The highest BCUT2D eigenvalue weighted by Crippen LogP contribution is 2.17. The van der Waals surface area contributed by atoms with E-state index in [0.29, 0.717) is 5.92 Å². The number of hydrogen-bond donors (Lipinski definition) is 1. The molecule has 1 nitrogen and oxygen atoms in total. The minimum atomic E-state index is -0.0875. The van der Waals surface area contributed by atoms with Crippen molar-refractivity contribution >= 4 is 0 Å². The van der Waals surface area contributed by atoms with Gasteiger partial charge in [-0.25, -0.2) is 0 Å². The summed E-state index contributed by atoms with van der Waals surface area (Å²) < 4.78 is 0. The molecule has 1 heteroatoms. The van der Waals surface area contributed by atoms with Gasteiger partial charge in [0, 0.05) is 5.54 Å². The van der Waals surface area contributed by atoms with Gasteiger partial charge in [0.25, 0.3) is 0 Å². The molecule has 1 unspecified atom stereocenters. The summed E-state index contributed by atoms with van der Waals surface area (Å²) in [5, 5.41) is 0. The number of rotatable bonds is 3. The Bertz CT molecular complexity index is 246. The Balaban J connectivity index is 2.61. The van der Waals surface area contributed by atoms with Gasteiger partial charge in [0.05, 0.1) is 0 Å². The van der Waals surface area contributed by atoms with Crippen LogP contribution in [0.25, 0.3) is 0 Å². The molecule has 0 saturated heterocycles. The van der Waals surface area contributed by atoms with Crippen LogP contribution in [0.1, 0.15) is 26.3 Å². The molecule has 1 atom stereocenters. The lowest BCUT2D eigenvalue weighted by molar-refractivity contribution is 0.344.